The first kappa shape index (κ1) is 9.27. The van der Waals surface area contributed by atoms with Crippen LogP contribution < -0.4 is 0 Å². The second kappa shape index (κ2) is 3.46. The van der Waals surface area contributed by atoms with E-state index in [1.807, 2.05) is 0 Å². The lowest BCUT2D eigenvalue weighted by Gasteiger charge is -2.02. The van der Waals surface area contributed by atoms with Gasteiger partial charge >= 0.3 is 0 Å². The number of fused-ring (bicyclic) bond motifs is 1. The monoisotopic (exact) mass is 253 g/mol. The van der Waals surface area contributed by atoms with E-state index in [0.29, 0.717) is 17.2 Å². The maximum absolute atomic E-state index is 13.4. The molecule has 0 bridgehead atoms. The molecule has 0 saturated heterocycles. The quantitative estimate of drug-likeness (QED) is 0.578. The predicted molar refractivity (Wildman–Crippen MR) is 54.8 cm³/mol. The number of para-hydroxylation sites is 1. The van der Waals surface area contributed by atoms with Crippen LogP contribution in [0, 0.1) is 5.82 Å². The summed E-state index contributed by atoms with van der Waals surface area (Å²) in [5.41, 5.74) is 0.644. The van der Waals surface area contributed by atoms with E-state index in [4.69, 9.17) is 0 Å². The van der Waals surface area contributed by atoms with Gasteiger partial charge in [0.05, 0.1) is 11.1 Å². The molecular formula is C10H5BrFNO. The van der Waals surface area contributed by atoms with Crippen molar-refractivity contribution in [2.75, 3.05) is 0 Å². The standard InChI is InChI=1S/C10H5BrFNO/c11-10-9(12)7(5-14)6-3-1-2-4-8(6)13-10/h1-5H. The number of carbonyl (C=O) groups excluding carboxylic acids is 1. The maximum Gasteiger partial charge on any atom is 0.167 e. The van der Waals surface area contributed by atoms with Gasteiger partial charge < -0.3 is 0 Å². The van der Waals surface area contributed by atoms with E-state index < -0.39 is 5.82 Å². The van der Waals surface area contributed by atoms with E-state index in [2.05, 4.69) is 20.9 Å². The van der Waals surface area contributed by atoms with Gasteiger partial charge in [0.15, 0.2) is 12.1 Å². The third kappa shape index (κ3) is 1.32. The fraction of sp³-hybridized carbons (Fsp3) is 0. The summed E-state index contributed by atoms with van der Waals surface area (Å²) in [6, 6.07) is 6.92. The number of aldehydes is 1. The lowest BCUT2D eigenvalue weighted by Crippen LogP contribution is -1.94. The Labute approximate surface area is 87.9 Å². The average molecular weight is 254 g/mol. The van der Waals surface area contributed by atoms with E-state index in [-0.39, 0.29) is 10.2 Å². The van der Waals surface area contributed by atoms with E-state index >= 15 is 0 Å². The summed E-state index contributed by atoms with van der Waals surface area (Å²) in [7, 11) is 0. The topological polar surface area (TPSA) is 30.0 Å². The van der Waals surface area contributed by atoms with Gasteiger partial charge in [-0.05, 0) is 22.0 Å². The van der Waals surface area contributed by atoms with Crippen LogP contribution in [0.25, 0.3) is 10.9 Å². The summed E-state index contributed by atoms with van der Waals surface area (Å²) in [6.07, 6.45) is 0.504. The van der Waals surface area contributed by atoms with Crippen LogP contribution in [0.4, 0.5) is 4.39 Å². The summed E-state index contributed by atoms with van der Waals surface area (Å²) in [4.78, 5) is 14.7. The summed E-state index contributed by atoms with van der Waals surface area (Å²) >= 11 is 2.96. The van der Waals surface area contributed by atoms with Crippen LogP contribution in [0.2, 0.25) is 0 Å². The molecule has 0 unspecified atom stereocenters. The molecule has 70 valence electrons. The van der Waals surface area contributed by atoms with Crippen molar-refractivity contribution in [1.29, 1.82) is 0 Å². The average Bonchev–Trinajstić information content (AvgIpc) is 2.20. The van der Waals surface area contributed by atoms with E-state index in [0.717, 1.165) is 0 Å². The largest absolute Gasteiger partial charge is 0.298 e. The number of aromatic nitrogens is 1. The molecule has 0 atom stereocenters. The highest BCUT2D eigenvalue weighted by molar-refractivity contribution is 9.10. The Morgan fingerprint density at radius 1 is 1.36 bits per heavy atom. The van der Waals surface area contributed by atoms with Crippen molar-refractivity contribution in [3.8, 4) is 0 Å². The number of hydrogen-bond acceptors (Lipinski definition) is 2. The van der Waals surface area contributed by atoms with Crippen LogP contribution in [0.3, 0.4) is 0 Å². The first-order valence-electron chi connectivity index (χ1n) is 3.93. The SMILES string of the molecule is O=Cc1c(F)c(Br)nc2ccccc12. The van der Waals surface area contributed by atoms with Crippen molar-refractivity contribution in [2.24, 2.45) is 0 Å². The molecule has 0 radical (unpaired) electrons. The Balaban J connectivity index is 2.96. The van der Waals surface area contributed by atoms with Gasteiger partial charge in [-0.3, -0.25) is 4.79 Å². The third-order valence-corrected chi connectivity index (χ3v) is 2.47. The first-order chi connectivity index (χ1) is 6.74. The van der Waals surface area contributed by atoms with Crippen LogP contribution in [0.5, 0.6) is 0 Å². The van der Waals surface area contributed by atoms with Gasteiger partial charge in [-0.1, -0.05) is 18.2 Å². The molecule has 2 nitrogen and oxygen atoms in total. The van der Waals surface area contributed by atoms with Gasteiger partial charge in [-0.25, -0.2) is 9.37 Å². The smallest absolute Gasteiger partial charge is 0.167 e. The fourth-order valence-electron chi connectivity index (χ4n) is 1.30. The minimum absolute atomic E-state index is 0.0440. The van der Waals surface area contributed by atoms with Crippen LogP contribution >= 0.6 is 15.9 Å². The van der Waals surface area contributed by atoms with Gasteiger partial charge in [0.25, 0.3) is 0 Å². The summed E-state index contributed by atoms with van der Waals surface area (Å²) in [5, 5.41) is 0.531. The Bertz CT molecular complexity index is 513. The fourth-order valence-corrected chi connectivity index (χ4v) is 1.70. The Kier molecular flexibility index (Phi) is 2.29. The second-order valence-electron chi connectivity index (χ2n) is 2.77. The number of halogens is 2. The first-order valence-corrected chi connectivity index (χ1v) is 4.72. The van der Waals surface area contributed by atoms with Crippen molar-refractivity contribution >= 4 is 33.1 Å². The molecular weight excluding hydrogens is 249 g/mol. The van der Waals surface area contributed by atoms with Gasteiger partial charge in [0.1, 0.15) is 4.60 Å². The molecule has 1 aromatic heterocycles. The Morgan fingerprint density at radius 2 is 2.07 bits per heavy atom. The predicted octanol–water partition coefficient (Wildman–Crippen LogP) is 2.95. The number of hydrogen-bond donors (Lipinski definition) is 0. The number of nitrogens with zero attached hydrogens (tertiary/aromatic N) is 1. The minimum Gasteiger partial charge on any atom is -0.298 e. The molecule has 0 aliphatic heterocycles. The van der Waals surface area contributed by atoms with Gasteiger partial charge in [-0.15, -0.1) is 0 Å². The number of rotatable bonds is 1. The van der Waals surface area contributed by atoms with Crippen molar-refractivity contribution in [2.45, 2.75) is 0 Å². The van der Waals surface area contributed by atoms with Crippen molar-refractivity contribution in [3.05, 3.63) is 40.2 Å². The van der Waals surface area contributed by atoms with E-state index in [1.54, 1.807) is 24.3 Å². The third-order valence-electron chi connectivity index (χ3n) is 1.95. The highest BCUT2D eigenvalue weighted by Crippen LogP contribution is 2.23. The highest BCUT2D eigenvalue weighted by Gasteiger charge is 2.11. The zero-order chi connectivity index (χ0) is 10.1. The van der Waals surface area contributed by atoms with Crippen molar-refractivity contribution in [3.63, 3.8) is 0 Å². The molecule has 2 aromatic rings. The highest BCUT2D eigenvalue weighted by atomic mass is 79.9. The maximum atomic E-state index is 13.4. The second-order valence-corrected chi connectivity index (χ2v) is 3.52. The zero-order valence-corrected chi connectivity index (χ0v) is 8.58. The lowest BCUT2D eigenvalue weighted by atomic mass is 10.1. The van der Waals surface area contributed by atoms with Crippen LogP contribution in [-0.2, 0) is 0 Å². The Morgan fingerprint density at radius 3 is 2.79 bits per heavy atom. The van der Waals surface area contributed by atoms with Crippen molar-refractivity contribution < 1.29 is 9.18 Å². The molecule has 4 heteroatoms. The minimum atomic E-state index is -0.612. The molecule has 1 heterocycles. The number of carbonyl (C=O) groups is 1. The van der Waals surface area contributed by atoms with Crippen LogP contribution in [-0.4, -0.2) is 11.3 Å². The lowest BCUT2D eigenvalue weighted by molar-refractivity contribution is 0.112. The van der Waals surface area contributed by atoms with E-state index in [9.17, 15) is 9.18 Å². The van der Waals surface area contributed by atoms with Gasteiger partial charge in [-0.2, -0.15) is 0 Å². The Hall–Kier alpha value is -1.29. The molecule has 0 saturated carbocycles. The van der Waals surface area contributed by atoms with Gasteiger partial charge in [0, 0.05) is 5.39 Å². The molecule has 1 aromatic carbocycles. The number of benzene rings is 1. The number of pyridine rings is 1. The molecule has 0 amide bonds. The van der Waals surface area contributed by atoms with Crippen LogP contribution in [0.15, 0.2) is 28.9 Å². The van der Waals surface area contributed by atoms with E-state index in [1.165, 1.54) is 0 Å². The molecule has 0 N–H and O–H groups in total. The summed E-state index contributed by atoms with van der Waals surface area (Å²) in [6.45, 7) is 0. The molecule has 0 aliphatic carbocycles. The molecule has 0 fully saturated rings. The summed E-state index contributed by atoms with van der Waals surface area (Å²) in [5.74, 6) is -0.612. The van der Waals surface area contributed by atoms with Gasteiger partial charge in [0.2, 0.25) is 0 Å². The molecule has 0 aliphatic rings. The normalized spacial score (nSPS) is 10.4. The molecule has 0 spiro atoms. The molecule has 14 heavy (non-hydrogen) atoms. The molecule has 2 rings (SSSR count). The zero-order valence-electron chi connectivity index (χ0n) is 7.00. The van der Waals surface area contributed by atoms with Crippen LogP contribution in [0.1, 0.15) is 10.4 Å². The van der Waals surface area contributed by atoms with Crippen molar-refractivity contribution in [1.82, 2.24) is 4.98 Å². The summed E-state index contributed by atoms with van der Waals surface area (Å²) < 4.78 is 13.5.